The summed E-state index contributed by atoms with van der Waals surface area (Å²) in [5, 5.41) is 9.48. The van der Waals surface area contributed by atoms with Crippen molar-refractivity contribution in [1.82, 2.24) is 9.97 Å². The van der Waals surface area contributed by atoms with Crippen LogP contribution >= 0.6 is 0 Å². The Morgan fingerprint density at radius 2 is 2.06 bits per heavy atom. The summed E-state index contributed by atoms with van der Waals surface area (Å²) in [5.74, 6) is 1.55. The van der Waals surface area contributed by atoms with Crippen molar-refractivity contribution in [2.45, 2.75) is 36.1 Å². The minimum Gasteiger partial charge on any atom is -0.611 e. The van der Waals surface area contributed by atoms with Gasteiger partial charge in [0.2, 0.25) is 10.8 Å². The van der Waals surface area contributed by atoms with E-state index < -0.39 is 17.1 Å². The van der Waals surface area contributed by atoms with E-state index in [-0.39, 0.29) is 11.5 Å². The Kier molecular flexibility index (Phi) is 6.07. The van der Waals surface area contributed by atoms with E-state index in [9.17, 15) is 14.5 Å². The topological polar surface area (TPSA) is 111 Å². The minimum absolute atomic E-state index is 0.127. The molecule has 1 N–H and O–H groups in total. The van der Waals surface area contributed by atoms with Crippen LogP contribution in [0.5, 0.6) is 5.75 Å². The van der Waals surface area contributed by atoms with Crippen LogP contribution in [-0.4, -0.2) is 77.9 Å². The predicted octanol–water partition coefficient (Wildman–Crippen LogP) is 2.07. The predicted molar refractivity (Wildman–Crippen MR) is 124 cm³/mol. The molecule has 0 amide bonds. The van der Waals surface area contributed by atoms with Crippen LogP contribution in [0, 0.1) is 0 Å². The van der Waals surface area contributed by atoms with Crippen LogP contribution in [0.15, 0.2) is 23.1 Å². The molecule has 33 heavy (non-hydrogen) atoms. The summed E-state index contributed by atoms with van der Waals surface area (Å²) in [7, 11) is 3.53. The van der Waals surface area contributed by atoms with Gasteiger partial charge in [-0.25, -0.2) is 9.78 Å². The summed E-state index contributed by atoms with van der Waals surface area (Å²) in [4.78, 5) is 26.3. The lowest BCUT2D eigenvalue weighted by Crippen LogP contribution is -2.46. The summed E-state index contributed by atoms with van der Waals surface area (Å²) in [5.41, 5.74) is 1.93. The summed E-state index contributed by atoms with van der Waals surface area (Å²) >= 11 is -1.08. The Hall–Kier alpha value is -2.56. The molecule has 4 heterocycles. The largest absolute Gasteiger partial charge is 0.611 e. The Balaban J connectivity index is 1.41. The molecule has 0 radical (unpaired) electrons. The molecule has 1 aromatic carbocycles. The highest BCUT2D eigenvalue weighted by Crippen LogP contribution is 2.40. The first kappa shape index (κ1) is 22.2. The maximum atomic E-state index is 12.7. The third-order valence-corrected chi connectivity index (χ3v) is 8.26. The zero-order valence-electron chi connectivity index (χ0n) is 18.8. The summed E-state index contributed by atoms with van der Waals surface area (Å²) in [6.07, 6.45) is 2.53. The number of hydrogen-bond donors (Lipinski definition) is 1. The third-order valence-electron chi connectivity index (χ3n) is 6.81. The van der Waals surface area contributed by atoms with Crippen LogP contribution in [0.2, 0.25) is 0 Å². The molecule has 176 valence electrons. The molecule has 1 atom stereocenters. The van der Waals surface area contributed by atoms with Crippen molar-refractivity contribution in [2.24, 2.45) is 0 Å². The van der Waals surface area contributed by atoms with Gasteiger partial charge in [-0.3, -0.25) is 0 Å². The van der Waals surface area contributed by atoms with Gasteiger partial charge in [0.25, 0.3) is 0 Å². The first-order valence-corrected chi connectivity index (χ1v) is 12.5. The van der Waals surface area contributed by atoms with Gasteiger partial charge >= 0.3 is 5.97 Å². The number of fused-ring (bicyclic) bond motifs is 1. The summed E-state index contributed by atoms with van der Waals surface area (Å²) < 4.78 is 23.7. The van der Waals surface area contributed by atoms with E-state index in [2.05, 4.69) is 9.80 Å². The van der Waals surface area contributed by atoms with Gasteiger partial charge in [-0.05, 0) is 30.1 Å². The maximum absolute atomic E-state index is 12.7. The molecule has 2 aromatic rings. The molecule has 0 saturated carbocycles. The Morgan fingerprint density at radius 3 is 2.76 bits per heavy atom. The molecule has 1 unspecified atom stereocenters. The number of rotatable bonds is 6. The molecule has 0 spiro atoms. The number of aromatic nitrogens is 2. The van der Waals surface area contributed by atoms with Crippen LogP contribution < -0.4 is 14.5 Å². The maximum Gasteiger partial charge on any atom is 0.339 e. The lowest BCUT2D eigenvalue weighted by atomic mass is 9.89. The second-order valence-electron chi connectivity index (χ2n) is 8.71. The molecule has 2 fully saturated rings. The lowest BCUT2D eigenvalue weighted by molar-refractivity contribution is 0.0693. The molecule has 5 rings (SSSR count). The van der Waals surface area contributed by atoms with Crippen LogP contribution in [0.25, 0.3) is 0 Å². The Labute approximate surface area is 195 Å². The molecule has 3 aliphatic rings. The monoisotopic (exact) mass is 472 g/mol. The SMILES string of the molecule is COc1c(C(=O)O)cccc1C1CN(c2nc3c(c(N(C)C4CCOCC4)n2)[S+]([O-])CC3)C1. The quantitative estimate of drug-likeness (QED) is 0.632. The number of aryl methyl sites for hydroxylation is 1. The normalized spacial score (nSPS) is 20.9. The number of anilines is 2. The number of ether oxygens (including phenoxy) is 2. The number of hydrogen-bond acceptors (Lipinski definition) is 8. The van der Waals surface area contributed by atoms with Crippen molar-refractivity contribution in [3.8, 4) is 5.75 Å². The minimum atomic E-state index is -1.08. The Bertz CT molecular complexity index is 1060. The van der Waals surface area contributed by atoms with Crippen LogP contribution in [-0.2, 0) is 22.3 Å². The van der Waals surface area contributed by atoms with E-state index in [0.717, 1.165) is 48.0 Å². The van der Waals surface area contributed by atoms with Gasteiger partial charge in [0.15, 0.2) is 5.82 Å². The average molecular weight is 473 g/mol. The lowest BCUT2D eigenvalue weighted by Gasteiger charge is -2.40. The van der Waals surface area contributed by atoms with E-state index in [4.69, 9.17) is 19.4 Å². The van der Waals surface area contributed by atoms with Crippen molar-refractivity contribution in [2.75, 3.05) is 56.0 Å². The van der Waals surface area contributed by atoms with Crippen molar-refractivity contribution in [3.63, 3.8) is 0 Å². The number of nitrogens with zero attached hydrogens (tertiary/aromatic N) is 4. The van der Waals surface area contributed by atoms with Crippen LogP contribution in [0.4, 0.5) is 11.8 Å². The van der Waals surface area contributed by atoms with Crippen molar-refractivity contribution in [1.29, 1.82) is 0 Å². The number of methoxy groups -OCH3 is 1. The first-order chi connectivity index (χ1) is 16.0. The number of carboxylic acid groups (broad SMARTS) is 1. The average Bonchev–Trinajstić information content (AvgIpc) is 3.18. The number of carbonyl (C=O) groups is 1. The highest BCUT2D eigenvalue weighted by atomic mass is 32.2. The van der Waals surface area contributed by atoms with E-state index in [0.29, 0.717) is 43.0 Å². The molecule has 10 heteroatoms. The number of para-hydroxylation sites is 1. The van der Waals surface area contributed by atoms with E-state index in [1.54, 1.807) is 12.1 Å². The van der Waals surface area contributed by atoms with Gasteiger partial charge < -0.3 is 28.9 Å². The fourth-order valence-corrected chi connectivity index (χ4v) is 6.29. The number of carboxylic acids is 1. The Morgan fingerprint density at radius 1 is 1.30 bits per heavy atom. The zero-order chi connectivity index (χ0) is 23.1. The number of aromatic carboxylic acids is 1. The third kappa shape index (κ3) is 4.00. The van der Waals surface area contributed by atoms with Crippen molar-refractivity contribution < 1.29 is 23.9 Å². The van der Waals surface area contributed by atoms with E-state index in [1.165, 1.54) is 7.11 Å². The number of benzene rings is 1. The fraction of sp³-hybridized carbons (Fsp3) is 0.522. The van der Waals surface area contributed by atoms with Gasteiger partial charge in [-0.2, -0.15) is 4.98 Å². The van der Waals surface area contributed by atoms with Gasteiger partial charge in [0.05, 0.1) is 7.11 Å². The first-order valence-electron chi connectivity index (χ1n) is 11.2. The molecular formula is C23H28N4O5S. The highest BCUT2D eigenvalue weighted by molar-refractivity contribution is 7.91. The van der Waals surface area contributed by atoms with Crippen molar-refractivity contribution >= 4 is 28.9 Å². The van der Waals surface area contributed by atoms with E-state index >= 15 is 0 Å². The molecule has 1 aromatic heterocycles. The molecule has 0 bridgehead atoms. The molecule has 0 aliphatic carbocycles. The van der Waals surface area contributed by atoms with Crippen LogP contribution in [0.1, 0.15) is 40.4 Å². The molecule has 2 saturated heterocycles. The van der Waals surface area contributed by atoms with Gasteiger partial charge in [0, 0.05) is 57.3 Å². The van der Waals surface area contributed by atoms with Crippen LogP contribution in [0.3, 0.4) is 0 Å². The second-order valence-corrected chi connectivity index (χ2v) is 10.2. The summed E-state index contributed by atoms with van der Waals surface area (Å²) in [6.45, 7) is 2.79. The van der Waals surface area contributed by atoms with E-state index in [1.807, 2.05) is 13.1 Å². The van der Waals surface area contributed by atoms with Gasteiger partial charge in [-0.15, -0.1) is 0 Å². The molecule has 3 aliphatic heterocycles. The molecule has 9 nitrogen and oxygen atoms in total. The summed E-state index contributed by atoms with van der Waals surface area (Å²) in [6, 6.07) is 5.54. The van der Waals surface area contributed by atoms with Crippen molar-refractivity contribution in [3.05, 3.63) is 35.0 Å². The fourth-order valence-electron chi connectivity index (χ4n) is 4.90. The molecular weight excluding hydrogens is 444 g/mol. The second kappa shape index (κ2) is 9.00. The van der Waals surface area contributed by atoms with Gasteiger partial charge in [0.1, 0.15) is 22.8 Å². The van der Waals surface area contributed by atoms with Gasteiger partial charge in [-0.1, -0.05) is 12.1 Å². The smallest absolute Gasteiger partial charge is 0.339 e. The zero-order valence-corrected chi connectivity index (χ0v) is 19.6. The highest BCUT2D eigenvalue weighted by Gasteiger charge is 2.39. The standard InChI is InChI=1S/C23H28N4O5S/c1-26(15-6-9-32-10-7-15)21-20-18(8-11-33(20)30)24-23(25-21)27-12-14(13-27)16-4-3-5-17(22(28)29)19(16)31-2/h3-5,14-15H,6-13H2,1-2H3,(H,28,29).